The fraction of sp³-hybridized carbons (Fsp3) is 0.483. The number of imidazole rings is 1. The van der Waals surface area contributed by atoms with Crippen LogP contribution in [0.3, 0.4) is 0 Å². The van der Waals surface area contributed by atoms with Gasteiger partial charge in [-0.25, -0.2) is 15.0 Å². The molecule has 200 valence electrons. The zero-order valence-electron chi connectivity index (χ0n) is 22.7. The van der Waals surface area contributed by atoms with Crippen LogP contribution in [0.25, 0.3) is 10.2 Å². The quantitative estimate of drug-likeness (QED) is 0.351. The highest BCUT2D eigenvalue weighted by molar-refractivity contribution is 7.18. The SMILES string of the molecule is COc1ccc(CN2CCC(Nc3ncnc4sc5c(c34)CC(C)(C)OC5)CC2)cc1Cn1ccnc1C. The van der Waals surface area contributed by atoms with Gasteiger partial charge in [0.25, 0.3) is 0 Å². The van der Waals surface area contributed by atoms with Gasteiger partial charge in [-0.1, -0.05) is 6.07 Å². The summed E-state index contributed by atoms with van der Waals surface area (Å²) in [6.07, 6.45) is 8.63. The van der Waals surface area contributed by atoms with Gasteiger partial charge in [-0.05, 0) is 56.9 Å². The van der Waals surface area contributed by atoms with Crippen molar-refractivity contribution in [1.82, 2.24) is 24.4 Å². The Morgan fingerprint density at radius 2 is 2.00 bits per heavy atom. The van der Waals surface area contributed by atoms with Crippen molar-refractivity contribution in [1.29, 1.82) is 0 Å². The van der Waals surface area contributed by atoms with Crippen molar-refractivity contribution in [3.63, 3.8) is 0 Å². The highest BCUT2D eigenvalue weighted by Gasteiger charge is 2.31. The van der Waals surface area contributed by atoms with Crippen molar-refractivity contribution in [2.45, 2.75) is 71.4 Å². The molecule has 8 nitrogen and oxygen atoms in total. The van der Waals surface area contributed by atoms with Gasteiger partial charge in [0.05, 0.1) is 31.2 Å². The number of hydrogen-bond donors (Lipinski definition) is 1. The molecule has 0 bridgehead atoms. The van der Waals surface area contributed by atoms with Crippen molar-refractivity contribution in [2.75, 3.05) is 25.5 Å². The number of nitrogens with one attached hydrogen (secondary N) is 1. The van der Waals surface area contributed by atoms with Gasteiger partial charge in [-0.2, -0.15) is 0 Å². The van der Waals surface area contributed by atoms with Gasteiger partial charge in [0.1, 0.15) is 28.5 Å². The lowest BCUT2D eigenvalue weighted by atomic mass is 9.94. The number of fused-ring (bicyclic) bond motifs is 3. The van der Waals surface area contributed by atoms with Crippen LogP contribution in [0.2, 0.25) is 0 Å². The van der Waals surface area contributed by atoms with Gasteiger partial charge < -0.3 is 19.4 Å². The number of anilines is 1. The van der Waals surface area contributed by atoms with Gasteiger partial charge in [0, 0.05) is 54.9 Å². The molecule has 2 aliphatic heterocycles. The fourth-order valence-corrected chi connectivity index (χ4v) is 6.75. The molecule has 0 radical (unpaired) electrons. The molecule has 6 rings (SSSR count). The molecule has 0 aliphatic carbocycles. The lowest BCUT2D eigenvalue weighted by molar-refractivity contribution is -0.0379. The minimum atomic E-state index is -0.154. The van der Waals surface area contributed by atoms with Crippen LogP contribution in [0.5, 0.6) is 5.75 Å². The van der Waals surface area contributed by atoms with E-state index >= 15 is 0 Å². The Morgan fingerprint density at radius 3 is 2.76 bits per heavy atom. The first-order valence-electron chi connectivity index (χ1n) is 13.4. The second-order valence-electron chi connectivity index (χ2n) is 11.1. The summed E-state index contributed by atoms with van der Waals surface area (Å²) in [5.74, 6) is 2.91. The third kappa shape index (κ3) is 5.15. The van der Waals surface area contributed by atoms with Crippen LogP contribution in [0, 0.1) is 6.92 Å². The molecule has 0 spiro atoms. The van der Waals surface area contributed by atoms with Gasteiger partial charge in [-0.3, -0.25) is 4.90 Å². The predicted octanol–water partition coefficient (Wildman–Crippen LogP) is 5.18. The first-order valence-corrected chi connectivity index (χ1v) is 14.2. The number of piperidine rings is 1. The van der Waals surface area contributed by atoms with Crippen molar-refractivity contribution < 1.29 is 9.47 Å². The van der Waals surface area contributed by atoms with Gasteiger partial charge in [-0.15, -0.1) is 11.3 Å². The van der Waals surface area contributed by atoms with E-state index in [9.17, 15) is 0 Å². The highest BCUT2D eigenvalue weighted by atomic mass is 32.1. The molecule has 3 aromatic heterocycles. The zero-order valence-corrected chi connectivity index (χ0v) is 23.5. The fourth-order valence-electron chi connectivity index (χ4n) is 5.68. The van der Waals surface area contributed by atoms with Crippen molar-refractivity contribution in [3.05, 3.63) is 64.3 Å². The summed E-state index contributed by atoms with van der Waals surface area (Å²) in [4.78, 5) is 18.5. The van der Waals surface area contributed by atoms with Crippen LogP contribution < -0.4 is 10.1 Å². The second-order valence-corrected chi connectivity index (χ2v) is 12.2. The molecule has 38 heavy (non-hydrogen) atoms. The normalized spacial score (nSPS) is 18.0. The summed E-state index contributed by atoms with van der Waals surface area (Å²) in [7, 11) is 1.74. The smallest absolute Gasteiger partial charge is 0.138 e. The number of methoxy groups -OCH3 is 1. The summed E-state index contributed by atoms with van der Waals surface area (Å²) in [5.41, 5.74) is 3.71. The molecule has 1 N–H and O–H groups in total. The average molecular weight is 533 g/mol. The largest absolute Gasteiger partial charge is 0.496 e. The van der Waals surface area contributed by atoms with Crippen LogP contribution in [-0.4, -0.2) is 56.3 Å². The van der Waals surface area contributed by atoms with E-state index in [2.05, 4.69) is 56.8 Å². The molecule has 9 heteroatoms. The van der Waals surface area contributed by atoms with Crippen LogP contribution in [-0.2, 0) is 30.9 Å². The number of benzene rings is 1. The third-order valence-electron chi connectivity index (χ3n) is 7.81. The van der Waals surface area contributed by atoms with Crippen LogP contribution >= 0.6 is 11.3 Å². The first kappa shape index (κ1) is 25.3. The number of nitrogens with zero attached hydrogens (tertiary/aromatic N) is 5. The molecule has 0 unspecified atom stereocenters. The van der Waals surface area contributed by atoms with E-state index in [-0.39, 0.29) is 5.60 Å². The van der Waals surface area contributed by atoms with Crippen molar-refractivity contribution >= 4 is 27.4 Å². The molecule has 1 aromatic carbocycles. The maximum atomic E-state index is 6.05. The maximum absolute atomic E-state index is 6.05. The predicted molar refractivity (Wildman–Crippen MR) is 151 cm³/mol. The molecule has 5 heterocycles. The third-order valence-corrected chi connectivity index (χ3v) is 8.92. The lowest BCUT2D eigenvalue weighted by Gasteiger charge is -2.33. The Labute approximate surface area is 228 Å². The first-order chi connectivity index (χ1) is 18.4. The Hall–Kier alpha value is -3.01. The number of aryl methyl sites for hydroxylation is 1. The Kier molecular flexibility index (Phi) is 6.84. The summed E-state index contributed by atoms with van der Waals surface area (Å²) in [5, 5.41) is 4.99. The molecule has 0 saturated carbocycles. The average Bonchev–Trinajstić information content (AvgIpc) is 3.48. The number of hydrogen-bond acceptors (Lipinski definition) is 8. The van der Waals surface area contributed by atoms with E-state index in [1.807, 2.05) is 19.3 Å². The molecule has 2 aliphatic rings. The van der Waals surface area contributed by atoms with Crippen LogP contribution in [0.4, 0.5) is 5.82 Å². The van der Waals surface area contributed by atoms with E-state index in [0.717, 1.165) is 67.7 Å². The number of ether oxygens (including phenoxy) is 2. The molecule has 1 fully saturated rings. The van der Waals surface area contributed by atoms with E-state index < -0.39 is 0 Å². The summed E-state index contributed by atoms with van der Waals surface area (Å²) in [6, 6.07) is 6.98. The summed E-state index contributed by atoms with van der Waals surface area (Å²) < 4.78 is 13.9. The van der Waals surface area contributed by atoms with Crippen molar-refractivity contribution in [2.24, 2.45) is 0 Å². The highest BCUT2D eigenvalue weighted by Crippen LogP contribution is 2.40. The molecular weight excluding hydrogens is 496 g/mol. The van der Waals surface area contributed by atoms with E-state index in [0.29, 0.717) is 12.6 Å². The summed E-state index contributed by atoms with van der Waals surface area (Å²) in [6.45, 7) is 10.8. The topological polar surface area (TPSA) is 77.3 Å². The second kappa shape index (κ2) is 10.3. The van der Waals surface area contributed by atoms with E-state index in [1.165, 1.54) is 27.0 Å². The minimum Gasteiger partial charge on any atom is -0.496 e. The molecule has 4 aromatic rings. The molecule has 1 saturated heterocycles. The number of rotatable bonds is 7. The zero-order chi connectivity index (χ0) is 26.3. The lowest BCUT2D eigenvalue weighted by Crippen LogP contribution is -2.39. The van der Waals surface area contributed by atoms with E-state index in [1.54, 1.807) is 24.8 Å². The molecule has 0 amide bonds. The molecular formula is C29H36N6O2S. The number of aromatic nitrogens is 4. The van der Waals surface area contributed by atoms with Crippen molar-refractivity contribution in [3.8, 4) is 5.75 Å². The van der Waals surface area contributed by atoms with Crippen LogP contribution in [0.1, 0.15) is 54.1 Å². The van der Waals surface area contributed by atoms with Crippen LogP contribution in [0.15, 0.2) is 36.9 Å². The molecule has 0 atom stereocenters. The Morgan fingerprint density at radius 1 is 1.16 bits per heavy atom. The van der Waals surface area contributed by atoms with E-state index in [4.69, 9.17) is 14.5 Å². The monoisotopic (exact) mass is 532 g/mol. The van der Waals surface area contributed by atoms with Gasteiger partial charge in [0.2, 0.25) is 0 Å². The van der Waals surface area contributed by atoms with Gasteiger partial charge >= 0.3 is 0 Å². The van der Waals surface area contributed by atoms with Gasteiger partial charge in [0.15, 0.2) is 0 Å². The Bertz CT molecular complexity index is 1440. The summed E-state index contributed by atoms with van der Waals surface area (Å²) >= 11 is 1.75. The maximum Gasteiger partial charge on any atom is 0.138 e. The number of likely N-dealkylation sites (tertiary alicyclic amines) is 1. The standard InChI is InChI=1S/C29H36N6O2S/c1-19-30-9-12-35(19)16-21-13-20(5-6-24(21)36-4)15-34-10-7-22(8-11-34)33-27-26-23-14-29(2,3)37-17-25(23)38-28(26)32-18-31-27/h5-6,9,12-13,18,22H,7-8,10-11,14-17H2,1-4H3,(H,31,32,33). The Balaban J connectivity index is 1.11. The number of thiophene rings is 1. The minimum absolute atomic E-state index is 0.154.